The van der Waals surface area contributed by atoms with Crippen molar-refractivity contribution < 1.29 is 4.74 Å². The molecule has 0 saturated carbocycles. The molecule has 0 aromatic heterocycles. The van der Waals surface area contributed by atoms with E-state index >= 15 is 0 Å². The monoisotopic (exact) mass is 353 g/mol. The van der Waals surface area contributed by atoms with Gasteiger partial charge in [0.15, 0.2) is 0 Å². The van der Waals surface area contributed by atoms with E-state index in [1.807, 2.05) is 0 Å². The Labute approximate surface area is 137 Å². The van der Waals surface area contributed by atoms with Gasteiger partial charge in [-0.15, -0.1) is 0 Å². The molecule has 1 unspecified atom stereocenters. The Bertz CT molecular complexity index is 484. The number of benzene rings is 1. The van der Waals surface area contributed by atoms with E-state index in [4.69, 9.17) is 4.74 Å². The molecule has 1 aliphatic rings. The normalized spacial score (nSPS) is 20.7. The van der Waals surface area contributed by atoms with Crippen molar-refractivity contribution in [2.45, 2.75) is 59.4 Å². The second kappa shape index (κ2) is 7.15. The fourth-order valence-corrected chi connectivity index (χ4v) is 3.90. The zero-order valence-electron chi connectivity index (χ0n) is 13.8. The topological polar surface area (TPSA) is 21.3 Å². The lowest BCUT2D eigenvalue weighted by Gasteiger charge is -2.28. The number of ether oxygens (including phenoxy) is 1. The number of hydrogen-bond donors (Lipinski definition) is 1. The zero-order chi connectivity index (χ0) is 15.5. The van der Waals surface area contributed by atoms with Crippen molar-refractivity contribution in [1.82, 2.24) is 5.32 Å². The molecule has 2 nitrogen and oxygen atoms in total. The molecule has 2 rings (SSSR count). The quantitative estimate of drug-likeness (QED) is 0.729. The highest BCUT2D eigenvalue weighted by molar-refractivity contribution is 9.10. The van der Waals surface area contributed by atoms with E-state index in [-0.39, 0.29) is 0 Å². The predicted octanol–water partition coefficient (Wildman–Crippen LogP) is 5.25. The fourth-order valence-electron chi connectivity index (χ4n) is 3.25. The Hall–Kier alpha value is -0.540. The first-order chi connectivity index (χ1) is 9.98. The van der Waals surface area contributed by atoms with Crippen LogP contribution >= 0.6 is 15.9 Å². The van der Waals surface area contributed by atoms with Gasteiger partial charge in [0.2, 0.25) is 0 Å². The first-order valence-corrected chi connectivity index (χ1v) is 8.95. The molecule has 0 heterocycles. The summed E-state index contributed by atoms with van der Waals surface area (Å²) in [7, 11) is 0. The van der Waals surface area contributed by atoms with E-state index in [9.17, 15) is 0 Å². The zero-order valence-corrected chi connectivity index (χ0v) is 15.3. The van der Waals surface area contributed by atoms with Crippen molar-refractivity contribution in [2.24, 2.45) is 5.41 Å². The molecule has 0 amide bonds. The third-order valence-electron chi connectivity index (χ3n) is 4.36. The van der Waals surface area contributed by atoms with Gasteiger partial charge in [-0.05, 0) is 62.3 Å². The third kappa shape index (κ3) is 4.01. The number of fused-ring (bicyclic) bond motifs is 1. The molecule has 118 valence electrons. The van der Waals surface area contributed by atoms with Crippen LogP contribution in [-0.4, -0.2) is 13.2 Å². The number of rotatable bonds is 5. The molecule has 0 spiro atoms. The minimum absolute atomic E-state index is 0.355. The molecular formula is C18H28BrNO. The summed E-state index contributed by atoms with van der Waals surface area (Å²) in [6.07, 6.45) is 4.64. The van der Waals surface area contributed by atoms with Crippen LogP contribution in [0.3, 0.4) is 0 Å². The highest BCUT2D eigenvalue weighted by Crippen LogP contribution is 2.44. The van der Waals surface area contributed by atoms with Crippen molar-refractivity contribution >= 4 is 15.9 Å². The minimum Gasteiger partial charge on any atom is -0.494 e. The molecule has 0 aliphatic heterocycles. The van der Waals surface area contributed by atoms with Crippen molar-refractivity contribution in [1.29, 1.82) is 0 Å². The Balaban J connectivity index is 2.45. The van der Waals surface area contributed by atoms with Gasteiger partial charge in [0.25, 0.3) is 0 Å². The van der Waals surface area contributed by atoms with Gasteiger partial charge in [0, 0.05) is 16.1 Å². The molecule has 0 saturated heterocycles. The molecule has 1 aromatic carbocycles. The van der Waals surface area contributed by atoms with Gasteiger partial charge >= 0.3 is 0 Å². The van der Waals surface area contributed by atoms with Gasteiger partial charge < -0.3 is 10.1 Å². The van der Waals surface area contributed by atoms with Gasteiger partial charge in [-0.25, -0.2) is 0 Å². The Morgan fingerprint density at radius 3 is 2.76 bits per heavy atom. The summed E-state index contributed by atoms with van der Waals surface area (Å²) in [6, 6.07) is 4.66. The Kier molecular flexibility index (Phi) is 5.73. The van der Waals surface area contributed by atoms with Crippen LogP contribution in [-0.2, 0) is 6.42 Å². The molecule has 0 bridgehead atoms. The SMILES string of the molecule is CCCNC1CC(C)(C)CCc2c(OCC)ccc(Br)c21. The summed E-state index contributed by atoms with van der Waals surface area (Å²) >= 11 is 3.78. The molecule has 3 heteroatoms. The highest BCUT2D eigenvalue weighted by atomic mass is 79.9. The lowest BCUT2D eigenvalue weighted by molar-refractivity contribution is 0.273. The molecule has 1 aromatic rings. The van der Waals surface area contributed by atoms with Crippen molar-refractivity contribution in [3.63, 3.8) is 0 Å². The summed E-state index contributed by atoms with van der Waals surface area (Å²) in [5.74, 6) is 1.07. The van der Waals surface area contributed by atoms with E-state index in [0.29, 0.717) is 11.5 Å². The number of hydrogen-bond acceptors (Lipinski definition) is 2. The van der Waals surface area contributed by atoms with Crippen LogP contribution in [0.15, 0.2) is 16.6 Å². The lowest BCUT2D eigenvalue weighted by atomic mass is 9.83. The van der Waals surface area contributed by atoms with Gasteiger partial charge in [-0.2, -0.15) is 0 Å². The fraction of sp³-hybridized carbons (Fsp3) is 0.667. The summed E-state index contributed by atoms with van der Waals surface area (Å²) in [4.78, 5) is 0. The Morgan fingerprint density at radius 1 is 1.33 bits per heavy atom. The highest BCUT2D eigenvalue weighted by Gasteiger charge is 2.32. The van der Waals surface area contributed by atoms with Gasteiger partial charge in [-0.1, -0.05) is 36.7 Å². The summed E-state index contributed by atoms with van der Waals surface area (Å²) in [5, 5.41) is 3.75. The van der Waals surface area contributed by atoms with Crippen LogP contribution in [0.2, 0.25) is 0 Å². The first-order valence-electron chi connectivity index (χ1n) is 8.16. The van der Waals surface area contributed by atoms with Crippen molar-refractivity contribution in [2.75, 3.05) is 13.2 Å². The van der Waals surface area contributed by atoms with Crippen LogP contribution in [0.5, 0.6) is 5.75 Å². The average molecular weight is 354 g/mol. The molecule has 21 heavy (non-hydrogen) atoms. The molecule has 1 aliphatic carbocycles. The second-order valence-electron chi connectivity index (χ2n) is 6.75. The second-order valence-corrected chi connectivity index (χ2v) is 7.60. The number of nitrogens with one attached hydrogen (secondary N) is 1. The lowest BCUT2D eigenvalue weighted by Crippen LogP contribution is -2.26. The maximum Gasteiger partial charge on any atom is 0.122 e. The maximum absolute atomic E-state index is 5.89. The van der Waals surface area contributed by atoms with Crippen LogP contribution in [0.25, 0.3) is 0 Å². The van der Waals surface area contributed by atoms with E-state index in [2.05, 4.69) is 61.1 Å². The van der Waals surface area contributed by atoms with E-state index < -0.39 is 0 Å². The molecule has 1 atom stereocenters. The standard InChI is InChI=1S/C18H28BrNO/c1-5-11-20-15-12-18(3,4)10-9-13-16(21-6-2)8-7-14(19)17(13)15/h7-8,15,20H,5-6,9-12H2,1-4H3. The van der Waals surface area contributed by atoms with Crippen molar-refractivity contribution in [3.05, 3.63) is 27.7 Å². The molecular weight excluding hydrogens is 326 g/mol. The average Bonchev–Trinajstić information content (AvgIpc) is 2.57. The predicted molar refractivity (Wildman–Crippen MR) is 93.1 cm³/mol. The molecule has 0 radical (unpaired) electrons. The summed E-state index contributed by atoms with van der Waals surface area (Å²) < 4.78 is 7.10. The van der Waals surface area contributed by atoms with Crippen molar-refractivity contribution in [3.8, 4) is 5.75 Å². The smallest absolute Gasteiger partial charge is 0.122 e. The minimum atomic E-state index is 0.355. The van der Waals surface area contributed by atoms with Crippen LogP contribution < -0.4 is 10.1 Å². The van der Waals surface area contributed by atoms with Gasteiger partial charge in [0.1, 0.15) is 5.75 Å². The van der Waals surface area contributed by atoms with E-state index in [1.54, 1.807) is 0 Å². The van der Waals surface area contributed by atoms with Crippen LogP contribution in [0, 0.1) is 5.41 Å². The first kappa shape index (κ1) is 16.8. The van der Waals surface area contributed by atoms with E-state index in [0.717, 1.165) is 31.7 Å². The summed E-state index contributed by atoms with van der Waals surface area (Å²) in [6.45, 7) is 10.8. The largest absolute Gasteiger partial charge is 0.494 e. The van der Waals surface area contributed by atoms with E-state index in [1.165, 1.54) is 28.4 Å². The van der Waals surface area contributed by atoms with Crippen LogP contribution in [0.4, 0.5) is 0 Å². The maximum atomic E-state index is 5.89. The van der Waals surface area contributed by atoms with Crippen LogP contribution in [0.1, 0.15) is 64.1 Å². The molecule has 0 fully saturated rings. The van der Waals surface area contributed by atoms with Gasteiger partial charge in [0.05, 0.1) is 6.61 Å². The third-order valence-corrected chi connectivity index (χ3v) is 5.05. The number of halogens is 1. The summed E-state index contributed by atoms with van der Waals surface area (Å²) in [5.41, 5.74) is 3.17. The molecule has 1 N–H and O–H groups in total. The Morgan fingerprint density at radius 2 is 2.10 bits per heavy atom. The van der Waals surface area contributed by atoms with Gasteiger partial charge in [-0.3, -0.25) is 0 Å².